The molecule has 0 aliphatic carbocycles. The van der Waals surface area contributed by atoms with Gasteiger partial charge >= 0.3 is 0 Å². The fraction of sp³-hybridized carbons (Fsp3) is 0.333. The minimum atomic E-state index is -0.338. The van der Waals surface area contributed by atoms with Crippen LogP contribution in [0.3, 0.4) is 0 Å². The molecule has 1 atom stereocenters. The van der Waals surface area contributed by atoms with Gasteiger partial charge in [-0.2, -0.15) is 0 Å². The fourth-order valence-electron chi connectivity index (χ4n) is 3.40. The Labute approximate surface area is 206 Å². The smallest absolute Gasteiger partial charge is 0.251 e. The molecule has 0 radical (unpaired) electrons. The molecule has 1 heterocycles. The number of rotatable bonds is 8. The van der Waals surface area contributed by atoms with Crippen LogP contribution in [0.25, 0.3) is 0 Å². The Kier molecular flexibility index (Phi) is 8.31. The molecule has 0 saturated heterocycles. The number of aryl methyl sites for hydroxylation is 1. The van der Waals surface area contributed by atoms with Crippen LogP contribution in [0.5, 0.6) is 0 Å². The number of hydrogen-bond acceptors (Lipinski definition) is 5. The summed E-state index contributed by atoms with van der Waals surface area (Å²) in [6, 6.07) is 12.9. The molecule has 0 fully saturated rings. The fourth-order valence-corrected chi connectivity index (χ4v) is 4.50. The molecule has 0 aliphatic rings. The van der Waals surface area contributed by atoms with Crippen LogP contribution in [0.4, 0.5) is 5.69 Å². The van der Waals surface area contributed by atoms with E-state index < -0.39 is 0 Å². The summed E-state index contributed by atoms with van der Waals surface area (Å²) >= 11 is 4.79. The van der Waals surface area contributed by atoms with E-state index in [1.165, 1.54) is 11.8 Å². The zero-order valence-electron chi connectivity index (χ0n) is 19.3. The third kappa shape index (κ3) is 6.45. The van der Waals surface area contributed by atoms with Gasteiger partial charge in [0.05, 0.1) is 11.8 Å². The SMILES string of the molecule is Cc1cccc(C(=O)N[C@@H](C)c2nnc(SCC(=O)Nc3ccc(Br)cc3C(C)C)n2C)c1. The van der Waals surface area contributed by atoms with Gasteiger partial charge in [0.25, 0.3) is 5.91 Å². The van der Waals surface area contributed by atoms with Crippen LogP contribution in [0, 0.1) is 6.92 Å². The number of anilines is 1. The highest BCUT2D eigenvalue weighted by molar-refractivity contribution is 9.10. The second-order valence-corrected chi connectivity index (χ2v) is 10.0. The van der Waals surface area contributed by atoms with Crippen molar-refractivity contribution >= 4 is 45.2 Å². The first-order chi connectivity index (χ1) is 15.7. The lowest BCUT2D eigenvalue weighted by molar-refractivity contribution is -0.113. The van der Waals surface area contributed by atoms with Gasteiger partial charge in [0.15, 0.2) is 11.0 Å². The molecule has 174 valence electrons. The van der Waals surface area contributed by atoms with Crippen molar-refractivity contribution in [1.29, 1.82) is 0 Å². The van der Waals surface area contributed by atoms with Crippen molar-refractivity contribution < 1.29 is 9.59 Å². The molecular weight excluding hydrogens is 502 g/mol. The maximum absolute atomic E-state index is 12.6. The number of nitrogens with zero attached hydrogens (tertiary/aromatic N) is 3. The van der Waals surface area contributed by atoms with Gasteiger partial charge in [-0.1, -0.05) is 59.2 Å². The van der Waals surface area contributed by atoms with Crippen LogP contribution < -0.4 is 10.6 Å². The number of carbonyl (C=O) groups excluding carboxylic acids is 2. The first kappa shape index (κ1) is 25.0. The molecule has 2 aromatic carbocycles. The molecule has 1 aromatic heterocycles. The third-order valence-corrected chi connectivity index (χ3v) is 6.64. The largest absolute Gasteiger partial charge is 0.342 e. The molecule has 2 N–H and O–H groups in total. The average Bonchev–Trinajstić information content (AvgIpc) is 3.13. The molecule has 0 spiro atoms. The monoisotopic (exact) mass is 529 g/mol. The molecule has 3 aromatic rings. The lowest BCUT2D eigenvalue weighted by atomic mass is 10.0. The van der Waals surface area contributed by atoms with E-state index >= 15 is 0 Å². The summed E-state index contributed by atoms with van der Waals surface area (Å²) < 4.78 is 2.78. The Morgan fingerprint density at radius 2 is 1.88 bits per heavy atom. The van der Waals surface area contributed by atoms with E-state index in [9.17, 15) is 9.59 Å². The van der Waals surface area contributed by atoms with Gasteiger partial charge < -0.3 is 15.2 Å². The normalized spacial score (nSPS) is 12.0. The molecule has 2 amide bonds. The van der Waals surface area contributed by atoms with Crippen LogP contribution in [-0.2, 0) is 11.8 Å². The van der Waals surface area contributed by atoms with E-state index in [1.54, 1.807) is 10.6 Å². The number of aromatic nitrogens is 3. The number of amides is 2. The summed E-state index contributed by atoms with van der Waals surface area (Å²) in [6.45, 7) is 7.99. The number of carbonyl (C=O) groups is 2. The standard InChI is InChI=1S/C24H28BrN5O2S/c1-14(2)19-12-18(25)9-10-20(19)27-21(31)13-33-24-29-28-22(30(24)5)16(4)26-23(32)17-8-6-7-15(3)11-17/h6-12,14,16H,13H2,1-5H3,(H,26,32)(H,27,31)/t16-/m0/s1. The van der Waals surface area contributed by atoms with E-state index in [-0.39, 0.29) is 29.5 Å². The van der Waals surface area contributed by atoms with Crippen molar-refractivity contribution in [1.82, 2.24) is 20.1 Å². The maximum atomic E-state index is 12.6. The maximum Gasteiger partial charge on any atom is 0.251 e. The highest BCUT2D eigenvalue weighted by Crippen LogP contribution is 2.28. The number of benzene rings is 2. The van der Waals surface area contributed by atoms with E-state index in [0.717, 1.165) is 21.3 Å². The van der Waals surface area contributed by atoms with Crippen molar-refractivity contribution in [3.8, 4) is 0 Å². The number of nitrogens with one attached hydrogen (secondary N) is 2. The molecule has 9 heteroatoms. The predicted molar refractivity (Wildman–Crippen MR) is 136 cm³/mol. The topological polar surface area (TPSA) is 88.9 Å². The molecular formula is C24H28BrN5O2S. The minimum absolute atomic E-state index is 0.116. The second-order valence-electron chi connectivity index (χ2n) is 8.19. The molecule has 0 saturated carbocycles. The Bertz CT molecular complexity index is 1160. The van der Waals surface area contributed by atoms with E-state index in [0.29, 0.717) is 16.5 Å². The van der Waals surface area contributed by atoms with Gasteiger partial charge in [-0.15, -0.1) is 10.2 Å². The van der Waals surface area contributed by atoms with Crippen molar-refractivity contribution in [2.45, 2.75) is 44.8 Å². The summed E-state index contributed by atoms with van der Waals surface area (Å²) in [5, 5.41) is 15.0. The Morgan fingerprint density at radius 3 is 2.58 bits per heavy atom. The number of hydrogen-bond donors (Lipinski definition) is 2. The summed E-state index contributed by atoms with van der Waals surface area (Å²) in [4.78, 5) is 25.1. The zero-order valence-corrected chi connectivity index (χ0v) is 21.8. The van der Waals surface area contributed by atoms with Gasteiger partial charge in [-0.05, 0) is 55.7 Å². The lowest BCUT2D eigenvalue weighted by Gasteiger charge is -2.15. The zero-order chi connectivity index (χ0) is 24.1. The van der Waals surface area contributed by atoms with Gasteiger partial charge in [0.2, 0.25) is 5.91 Å². The summed E-state index contributed by atoms with van der Waals surface area (Å²) in [7, 11) is 1.83. The predicted octanol–water partition coefficient (Wildman–Crippen LogP) is 5.23. The minimum Gasteiger partial charge on any atom is -0.342 e. The summed E-state index contributed by atoms with van der Waals surface area (Å²) in [6.07, 6.45) is 0. The van der Waals surface area contributed by atoms with Crippen LogP contribution in [0.15, 0.2) is 52.1 Å². The molecule has 0 aliphatic heterocycles. The molecule has 3 rings (SSSR count). The first-order valence-electron chi connectivity index (χ1n) is 10.6. The second kappa shape index (κ2) is 11.0. The first-order valence-corrected chi connectivity index (χ1v) is 12.4. The molecule has 0 bridgehead atoms. The van der Waals surface area contributed by atoms with Gasteiger partial charge in [-0.25, -0.2) is 0 Å². The highest BCUT2D eigenvalue weighted by Gasteiger charge is 2.19. The quantitative estimate of drug-likeness (QED) is 0.390. The van der Waals surface area contributed by atoms with E-state index in [2.05, 4.69) is 50.6 Å². The van der Waals surface area contributed by atoms with E-state index in [1.807, 2.05) is 57.3 Å². The Hall–Kier alpha value is -2.65. The van der Waals surface area contributed by atoms with Gasteiger partial charge in [0, 0.05) is 22.8 Å². The highest BCUT2D eigenvalue weighted by atomic mass is 79.9. The van der Waals surface area contributed by atoms with Crippen molar-refractivity contribution in [2.75, 3.05) is 11.1 Å². The van der Waals surface area contributed by atoms with Crippen molar-refractivity contribution in [3.63, 3.8) is 0 Å². The number of thioether (sulfide) groups is 1. The summed E-state index contributed by atoms with van der Waals surface area (Å²) in [5.74, 6) is 0.814. The van der Waals surface area contributed by atoms with Crippen LogP contribution in [0.2, 0.25) is 0 Å². The van der Waals surface area contributed by atoms with Gasteiger partial charge in [0.1, 0.15) is 0 Å². The van der Waals surface area contributed by atoms with Crippen LogP contribution in [0.1, 0.15) is 60.0 Å². The number of halogens is 1. The summed E-state index contributed by atoms with van der Waals surface area (Å²) in [5.41, 5.74) is 3.50. The average molecular weight is 530 g/mol. The lowest BCUT2D eigenvalue weighted by Crippen LogP contribution is -2.28. The van der Waals surface area contributed by atoms with Crippen molar-refractivity contribution in [2.24, 2.45) is 7.05 Å². The van der Waals surface area contributed by atoms with Crippen LogP contribution >= 0.6 is 27.7 Å². The Morgan fingerprint density at radius 1 is 1.12 bits per heavy atom. The van der Waals surface area contributed by atoms with Gasteiger partial charge in [-0.3, -0.25) is 9.59 Å². The Balaban J connectivity index is 1.61. The molecule has 0 unspecified atom stereocenters. The van der Waals surface area contributed by atoms with E-state index in [4.69, 9.17) is 0 Å². The molecule has 33 heavy (non-hydrogen) atoms. The van der Waals surface area contributed by atoms with Crippen molar-refractivity contribution in [3.05, 3.63) is 69.5 Å². The molecule has 7 nitrogen and oxygen atoms in total. The third-order valence-electron chi connectivity index (χ3n) is 5.13. The van der Waals surface area contributed by atoms with Crippen LogP contribution in [-0.4, -0.2) is 32.3 Å².